The number of esters is 1. The van der Waals surface area contributed by atoms with E-state index in [4.69, 9.17) is 14.2 Å². The lowest BCUT2D eigenvalue weighted by Gasteiger charge is -2.13. The molecule has 1 aromatic carbocycles. The predicted molar refractivity (Wildman–Crippen MR) is 124 cm³/mol. The average molecular weight is 474 g/mol. The second-order valence-corrected chi connectivity index (χ2v) is 7.76. The van der Waals surface area contributed by atoms with E-state index < -0.39 is 18.5 Å². The van der Waals surface area contributed by atoms with Crippen molar-refractivity contribution in [1.82, 2.24) is 19.6 Å². The number of ether oxygens (including phenoxy) is 3. The molecule has 10 nitrogen and oxygen atoms in total. The minimum Gasteiger partial charge on any atom is -0.490 e. The zero-order valence-corrected chi connectivity index (χ0v) is 20.1. The van der Waals surface area contributed by atoms with E-state index in [1.165, 1.54) is 11.8 Å². The number of aryl methyl sites for hydroxylation is 2. The first-order chi connectivity index (χ1) is 15.9. The molecule has 1 amide bonds. The number of carbonyl (C=O) groups excluding carboxylic acids is 2. The highest BCUT2D eigenvalue weighted by molar-refractivity contribution is 7.98. The van der Waals surface area contributed by atoms with E-state index in [-0.39, 0.29) is 6.42 Å². The van der Waals surface area contributed by atoms with E-state index in [2.05, 4.69) is 20.4 Å². The van der Waals surface area contributed by atoms with Crippen LogP contribution in [0, 0.1) is 13.8 Å². The molecule has 0 fully saturated rings. The summed E-state index contributed by atoms with van der Waals surface area (Å²) in [6.45, 7) is 7.94. The number of thioether (sulfide) groups is 1. The summed E-state index contributed by atoms with van der Waals surface area (Å²) in [5, 5.41) is 7.67. The molecule has 0 atom stereocenters. The molecular weight excluding hydrogens is 446 g/mol. The van der Waals surface area contributed by atoms with Crippen molar-refractivity contribution in [2.24, 2.45) is 0 Å². The Kier molecular flexibility index (Phi) is 8.10. The van der Waals surface area contributed by atoms with Gasteiger partial charge in [0.15, 0.2) is 18.1 Å². The number of carbonyl (C=O) groups is 2. The first kappa shape index (κ1) is 24.3. The first-order valence-corrected chi connectivity index (χ1v) is 11.7. The van der Waals surface area contributed by atoms with E-state index in [0.717, 1.165) is 5.69 Å². The molecule has 2 heterocycles. The van der Waals surface area contributed by atoms with Gasteiger partial charge in [0.2, 0.25) is 5.16 Å². The van der Waals surface area contributed by atoms with Crippen molar-refractivity contribution in [3.63, 3.8) is 0 Å². The largest absolute Gasteiger partial charge is 0.490 e. The second-order valence-electron chi connectivity index (χ2n) is 6.98. The maximum atomic E-state index is 12.4. The molecule has 0 saturated heterocycles. The van der Waals surface area contributed by atoms with Crippen molar-refractivity contribution < 1.29 is 23.8 Å². The molecule has 176 valence electrons. The molecule has 0 radical (unpaired) electrons. The number of nitrogens with zero attached hydrogens (tertiary/aromatic N) is 4. The maximum Gasteiger partial charge on any atom is 0.310 e. The van der Waals surface area contributed by atoms with Crippen LogP contribution in [0.5, 0.6) is 11.5 Å². The van der Waals surface area contributed by atoms with Crippen LogP contribution in [0.3, 0.4) is 0 Å². The number of hydrogen-bond acceptors (Lipinski definition) is 9. The third-order valence-electron chi connectivity index (χ3n) is 4.72. The number of anilines is 1. The summed E-state index contributed by atoms with van der Waals surface area (Å²) >= 11 is 1.41. The number of hydrogen-bond donors (Lipinski definition) is 1. The van der Waals surface area contributed by atoms with Gasteiger partial charge < -0.3 is 19.5 Å². The van der Waals surface area contributed by atoms with Crippen LogP contribution in [0.2, 0.25) is 0 Å². The normalized spacial score (nSPS) is 10.8. The first-order valence-electron chi connectivity index (χ1n) is 10.5. The highest BCUT2D eigenvalue weighted by atomic mass is 32.2. The average Bonchev–Trinajstić information content (AvgIpc) is 3.20. The zero-order chi connectivity index (χ0) is 24.0. The van der Waals surface area contributed by atoms with Crippen LogP contribution < -0.4 is 14.8 Å². The zero-order valence-electron chi connectivity index (χ0n) is 19.3. The fourth-order valence-corrected chi connectivity index (χ4v) is 3.54. The van der Waals surface area contributed by atoms with Gasteiger partial charge in [-0.2, -0.15) is 4.98 Å². The number of fused-ring (bicyclic) bond motifs is 1. The molecule has 0 aliphatic heterocycles. The lowest BCUT2D eigenvalue weighted by molar-refractivity contribution is -0.146. The minimum absolute atomic E-state index is 0.0279. The van der Waals surface area contributed by atoms with Gasteiger partial charge >= 0.3 is 5.97 Å². The molecule has 3 aromatic rings. The van der Waals surface area contributed by atoms with Gasteiger partial charge in [-0.05, 0) is 46.1 Å². The van der Waals surface area contributed by atoms with Crippen LogP contribution >= 0.6 is 11.8 Å². The Morgan fingerprint density at radius 2 is 1.82 bits per heavy atom. The summed E-state index contributed by atoms with van der Waals surface area (Å²) in [6, 6.07) is 5.09. The molecule has 0 unspecified atom stereocenters. The highest BCUT2D eigenvalue weighted by Gasteiger charge is 2.17. The van der Waals surface area contributed by atoms with Gasteiger partial charge in [0.05, 0.1) is 19.6 Å². The summed E-state index contributed by atoms with van der Waals surface area (Å²) in [6.07, 6.45) is 1.85. The maximum absolute atomic E-state index is 12.4. The van der Waals surface area contributed by atoms with Gasteiger partial charge in [0.1, 0.15) is 0 Å². The number of benzene rings is 1. The Morgan fingerprint density at radius 1 is 1.09 bits per heavy atom. The van der Waals surface area contributed by atoms with Crippen LogP contribution in [-0.4, -0.2) is 57.5 Å². The smallest absolute Gasteiger partial charge is 0.310 e. The second kappa shape index (κ2) is 11.0. The van der Waals surface area contributed by atoms with E-state index >= 15 is 0 Å². The molecule has 0 saturated carbocycles. The Labute approximate surface area is 196 Å². The molecular formula is C22H27N5O5S. The fourth-order valence-electron chi connectivity index (χ4n) is 3.20. The molecule has 2 aromatic heterocycles. The lowest BCUT2D eigenvalue weighted by Crippen LogP contribution is -2.22. The molecule has 33 heavy (non-hydrogen) atoms. The van der Waals surface area contributed by atoms with Crippen LogP contribution in [0.4, 0.5) is 5.69 Å². The summed E-state index contributed by atoms with van der Waals surface area (Å²) in [5.74, 6) is 0.604. The monoisotopic (exact) mass is 473 g/mol. The third-order valence-corrected chi connectivity index (χ3v) is 5.26. The van der Waals surface area contributed by atoms with Gasteiger partial charge in [-0.15, -0.1) is 5.10 Å². The Hall–Kier alpha value is -3.34. The van der Waals surface area contributed by atoms with Crippen molar-refractivity contribution >= 4 is 35.1 Å². The SMILES string of the molecule is CCOc1ccc(NC(=O)COC(=O)Cc2c(C)nc3nc(SC)nn3c2C)cc1OCC. The van der Waals surface area contributed by atoms with Crippen molar-refractivity contribution in [1.29, 1.82) is 0 Å². The topological polar surface area (TPSA) is 117 Å². The highest BCUT2D eigenvalue weighted by Crippen LogP contribution is 2.30. The van der Waals surface area contributed by atoms with Crippen LogP contribution in [-0.2, 0) is 20.7 Å². The number of rotatable bonds is 10. The predicted octanol–water partition coefficient (Wildman–Crippen LogP) is 2.98. The molecule has 0 aliphatic rings. The summed E-state index contributed by atoms with van der Waals surface area (Å²) in [7, 11) is 0. The summed E-state index contributed by atoms with van der Waals surface area (Å²) < 4.78 is 17.9. The lowest BCUT2D eigenvalue weighted by atomic mass is 10.1. The standard InChI is InChI=1S/C22H27N5O5S/c1-6-30-17-9-8-15(10-18(17)31-7-2)24-19(28)12-32-20(29)11-16-13(3)23-21-25-22(33-5)26-27(21)14(16)4/h8-10H,6-7,11-12H2,1-5H3,(H,24,28). The summed E-state index contributed by atoms with van der Waals surface area (Å²) in [5.41, 5.74) is 2.63. The third kappa shape index (κ3) is 5.92. The van der Waals surface area contributed by atoms with E-state index in [0.29, 0.717) is 52.6 Å². The Morgan fingerprint density at radius 3 is 2.52 bits per heavy atom. The molecule has 11 heteroatoms. The van der Waals surface area contributed by atoms with Gasteiger partial charge in [0, 0.05) is 28.7 Å². The van der Waals surface area contributed by atoms with Crippen molar-refractivity contribution in [3.05, 3.63) is 35.2 Å². The van der Waals surface area contributed by atoms with E-state index in [1.807, 2.05) is 27.0 Å². The van der Waals surface area contributed by atoms with E-state index in [9.17, 15) is 9.59 Å². The van der Waals surface area contributed by atoms with Gasteiger partial charge in [-0.3, -0.25) is 9.59 Å². The minimum atomic E-state index is -0.538. The molecule has 0 aliphatic carbocycles. The van der Waals surface area contributed by atoms with Gasteiger partial charge in [-0.1, -0.05) is 11.8 Å². The van der Waals surface area contributed by atoms with Crippen molar-refractivity contribution in [3.8, 4) is 11.5 Å². The number of amides is 1. The fraction of sp³-hybridized carbons (Fsp3) is 0.409. The van der Waals surface area contributed by atoms with E-state index in [1.54, 1.807) is 29.6 Å². The van der Waals surface area contributed by atoms with Crippen LogP contribution in [0.15, 0.2) is 23.4 Å². The van der Waals surface area contributed by atoms with Crippen LogP contribution in [0.25, 0.3) is 5.78 Å². The number of nitrogens with one attached hydrogen (secondary N) is 1. The van der Waals surface area contributed by atoms with Gasteiger partial charge in [-0.25, -0.2) is 9.50 Å². The van der Waals surface area contributed by atoms with Crippen LogP contribution in [0.1, 0.15) is 30.8 Å². The Bertz CT molecular complexity index is 1160. The number of aromatic nitrogens is 4. The molecule has 0 bridgehead atoms. The van der Waals surface area contributed by atoms with Gasteiger partial charge in [0.25, 0.3) is 11.7 Å². The van der Waals surface area contributed by atoms with Crippen molar-refractivity contribution in [2.45, 2.75) is 39.3 Å². The molecule has 0 spiro atoms. The molecule has 1 N–H and O–H groups in total. The molecule has 3 rings (SSSR count). The quantitative estimate of drug-likeness (QED) is 0.350. The Balaban J connectivity index is 1.61. The van der Waals surface area contributed by atoms with Crippen molar-refractivity contribution in [2.75, 3.05) is 31.4 Å². The summed E-state index contributed by atoms with van der Waals surface area (Å²) in [4.78, 5) is 33.5.